The lowest BCUT2D eigenvalue weighted by molar-refractivity contribution is -0.310. The van der Waals surface area contributed by atoms with Gasteiger partial charge in [0.15, 0.2) is 12.4 Å². The van der Waals surface area contributed by atoms with Crippen LogP contribution in [-0.4, -0.2) is 85.5 Å². The molecule has 0 unspecified atom stereocenters. The van der Waals surface area contributed by atoms with Crippen molar-refractivity contribution in [1.29, 1.82) is 0 Å². The third kappa shape index (κ3) is 5.46. The number of hydrogen-bond acceptors (Lipinski definition) is 8. The van der Waals surface area contributed by atoms with Crippen molar-refractivity contribution in [2.45, 2.75) is 134 Å². The second kappa shape index (κ2) is 11.7. The predicted molar refractivity (Wildman–Crippen MR) is 146 cm³/mol. The molecule has 1 saturated heterocycles. The number of carboxylic acids is 2. The van der Waals surface area contributed by atoms with Crippen LogP contribution in [0, 0.1) is 46.3 Å². The van der Waals surface area contributed by atoms with E-state index in [0.717, 1.165) is 38.5 Å². The van der Waals surface area contributed by atoms with Crippen LogP contribution >= 0.6 is 0 Å². The van der Waals surface area contributed by atoms with E-state index in [1.807, 2.05) is 0 Å². The van der Waals surface area contributed by atoms with Crippen molar-refractivity contribution >= 4 is 11.9 Å². The monoisotopic (exact) mass is 582 g/mol. The van der Waals surface area contributed by atoms with E-state index in [9.17, 15) is 35.1 Å². The Hall–Kier alpha value is -1.30. The zero-order valence-corrected chi connectivity index (χ0v) is 24.6. The molecule has 0 amide bonds. The van der Waals surface area contributed by atoms with Crippen LogP contribution in [0.5, 0.6) is 0 Å². The zero-order chi connectivity index (χ0) is 29.9. The third-order valence-corrected chi connectivity index (χ3v) is 12.6. The molecular weight excluding hydrogens is 532 g/mol. The van der Waals surface area contributed by atoms with Gasteiger partial charge in [-0.05, 0) is 111 Å². The summed E-state index contributed by atoms with van der Waals surface area (Å²) in [6.45, 7) is 7.08. The van der Waals surface area contributed by atoms with Gasteiger partial charge < -0.3 is 40.1 Å². The second-order valence-corrected chi connectivity index (χ2v) is 14.6. The first-order valence-electron chi connectivity index (χ1n) is 15.8. The van der Waals surface area contributed by atoms with E-state index < -0.39 is 48.7 Å². The van der Waals surface area contributed by atoms with Gasteiger partial charge in [0, 0.05) is 6.42 Å². The number of aliphatic hydroxyl groups is 4. The normalized spacial score (nSPS) is 50.3. The molecule has 5 fully saturated rings. The molecule has 10 heteroatoms. The fourth-order valence-electron chi connectivity index (χ4n) is 10.4. The number of carbonyl (C=O) groups is 2. The summed E-state index contributed by atoms with van der Waals surface area (Å²) < 4.78 is 11.4. The Balaban J connectivity index is 1.25. The van der Waals surface area contributed by atoms with Gasteiger partial charge in [-0.1, -0.05) is 20.8 Å². The fraction of sp³-hybridized carbons (Fsp3) is 0.935. The van der Waals surface area contributed by atoms with Crippen LogP contribution in [0.3, 0.4) is 0 Å². The van der Waals surface area contributed by atoms with Gasteiger partial charge in [-0.25, -0.2) is 4.79 Å². The highest BCUT2D eigenvalue weighted by Crippen LogP contribution is 2.68. The Morgan fingerprint density at radius 3 is 2.27 bits per heavy atom. The maximum Gasteiger partial charge on any atom is 0.335 e. The summed E-state index contributed by atoms with van der Waals surface area (Å²) in [7, 11) is 0. The maximum atomic E-state index is 11.7. The van der Waals surface area contributed by atoms with Crippen molar-refractivity contribution in [3.05, 3.63) is 0 Å². The van der Waals surface area contributed by atoms with Crippen LogP contribution in [0.15, 0.2) is 0 Å². The molecule has 5 rings (SSSR count). The van der Waals surface area contributed by atoms with Gasteiger partial charge in [0.1, 0.15) is 18.3 Å². The van der Waals surface area contributed by atoms with Crippen LogP contribution in [0.2, 0.25) is 0 Å². The van der Waals surface area contributed by atoms with Crippen molar-refractivity contribution in [2.75, 3.05) is 0 Å². The van der Waals surface area contributed by atoms with Crippen molar-refractivity contribution in [3.8, 4) is 0 Å². The van der Waals surface area contributed by atoms with Gasteiger partial charge in [0.05, 0.1) is 12.2 Å². The van der Waals surface area contributed by atoms with Crippen molar-refractivity contribution in [1.82, 2.24) is 0 Å². The summed E-state index contributed by atoms with van der Waals surface area (Å²) in [4.78, 5) is 22.5. The first-order valence-corrected chi connectivity index (χ1v) is 15.8. The van der Waals surface area contributed by atoms with E-state index in [-0.39, 0.29) is 35.2 Å². The highest BCUT2D eigenvalue weighted by Gasteiger charge is 2.63. The molecule has 0 radical (unpaired) electrons. The van der Waals surface area contributed by atoms with E-state index in [4.69, 9.17) is 14.6 Å². The van der Waals surface area contributed by atoms with Gasteiger partial charge in [-0.2, -0.15) is 0 Å². The van der Waals surface area contributed by atoms with Crippen LogP contribution < -0.4 is 0 Å². The fourth-order valence-corrected chi connectivity index (χ4v) is 10.4. The maximum absolute atomic E-state index is 11.7. The lowest BCUT2D eigenvalue weighted by Gasteiger charge is -2.62. The zero-order valence-electron chi connectivity index (χ0n) is 24.6. The largest absolute Gasteiger partial charge is 0.481 e. The summed E-state index contributed by atoms with van der Waals surface area (Å²) in [6.07, 6.45) is 0.496. The molecule has 0 aromatic carbocycles. The van der Waals surface area contributed by atoms with E-state index in [2.05, 4.69) is 20.8 Å². The summed E-state index contributed by atoms with van der Waals surface area (Å²) >= 11 is 0. The van der Waals surface area contributed by atoms with E-state index in [1.165, 1.54) is 0 Å². The molecule has 10 nitrogen and oxygen atoms in total. The second-order valence-electron chi connectivity index (χ2n) is 14.6. The molecule has 4 aliphatic carbocycles. The van der Waals surface area contributed by atoms with Crippen LogP contribution in [0.4, 0.5) is 0 Å². The smallest absolute Gasteiger partial charge is 0.335 e. The van der Waals surface area contributed by atoms with Gasteiger partial charge >= 0.3 is 11.9 Å². The molecule has 41 heavy (non-hydrogen) atoms. The molecule has 6 N–H and O–H groups in total. The number of rotatable bonds is 8. The average molecular weight is 583 g/mol. The lowest BCUT2D eigenvalue weighted by Crippen LogP contribution is -2.61. The number of aliphatic carboxylic acids is 2. The predicted octanol–water partition coefficient (Wildman–Crippen LogP) is 2.78. The third-order valence-electron chi connectivity index (χ3n) is 12.6. The Morgan fingerprint density at radius 2 is 1.59 bits per heavy atom. The number of carboxylic acid groups (broad SMARTS) is 2. The minimum atomic E-state index is -1.75. The number of fused-ring (bicyclic) bond motifs is 5. The van der Waals surface area contributed by atoms with E-state index in [0.29, 0.717) is 49.4 Å². The van der Waals surface area contributed by atoms with Gasteiger partial charge in [0.2, 0.25) is 0 Å². The summed E-state index contributed by atoms with van der Waals surface area (Å²) in [5, 5.41) is 60.7. The van der Waals surface area contributed by atoms with Crippen molar-refractivity contribution < 1.29 is 49.7 Å². The average Bonchev–Trinajstić information content (AvgIpc) is 3.26. The number of ether oxygens (including phenoxy) is 2. The van der Waals surface area contributed by atoms with E-state index >= 15 is 0 Å². The van der Waals surface area contributed by atoms with Crippen molar-refractivity contribution in [2.24, 2.45) is 46.3 Å². The Bertz CT molecular complexity index is 975. The molecule has 0 spiro atoms. The van der Waals surface area contributed by atoms with Crippen LogP contribution in [0.1, 0.15) is 91.4 Å². The first-order chi connectivity index (χ1) is 19.3. The molecule has 4 saturated carbocycles. The topological polar surface area (TPSA) is 174 Å². The van der Waals surface area contributed by atoms with Crippen LogP contribution in [-0.2, 0) is 19.1 Å². The number of hydrogen-bond donors (Lipinski definition) is 6. The molecule has 5 aliphatic rings. The van der Waals surface area contributed by atoms with Crippen LogP contribution in [0.25, 0.3) is 0 Å². The lowest BCUT2D eigenvalue weighted by atomic mass is 9.43. The summed E-state index contributed by atoms with van der Waals surface area (Å²) in [5.41, 5.74) is 0.205. The Labute approximate surface area is 242 Å². The molecule has 15 atom stereocenters. The molecule has 234 valence electrons. The first kappa shape index (κ1) is 31.1. The van der Waals surface area contributed by atoms with Crippen molar-refractivity contribution in [3.63, 3.8) is 0 Å². The quantitative estimate of drug-likeness (QED) is 0.234. The highest BCUT2D eigenvalue weighted by molar-refractivity contribution is 5.73. The van der Waals surface area contributed by atoms with Gasteiger partial charge in [-0.15, -0.1) is 0 Å². The minimum Gasteiger partial charge on any atom is -0.481 e. The Morgan fingerprint density at radius 1 is 0.902 bits per heavy atom. The minimum absolute atomic E-state index is 0.0433. The summed E-state index contributed by atoms with van der Waals surface area (Å²) in [5.74, 6) is 0.181. The molecular formula is C31H50O10. The summed E-state index contributed by atoms with van der Waals surface area (Å²) in [6, 6.07) is 0. The molecule has 0 aromatic rings. The number of aliphatic hydroxyl groups excluding tert-OH is 4. The highest BCUT2D eigenvalue weighted by atomic mass is 16.7. The standard InChI is InChI=1S/C31H50O10/c1-15(5-4-6-22(33)34)18-7-8-19-23-20(10-12-31(18,19)3)30(2)11-9-17(13-16(30)14-21(23)32)40-29-26(37)24(35)25(36)27(41-29)28(38)39/h15-21,23-27,29,32,35-37H,4-14H2,1-3H3,(H,33,34)(H,38,39)/t15-,16+,17-,18-,19+,20+,21+,23+,24+,25+,26-,27+,29-,30+,31-/m1/s1. The molecule has 0 bridgehead atoms. The molecule has 0 aromatic heterocycles. The Kier molecular flexibility index (Phi) is 8.85. The SMILES string of the molecule is C[C@H](CCCC(=O)O)[C@H]1CC[C@H]2[C@@H]3[C@@H](O)C[C@@H]4C[C@H](O[C@@H]5O[C@H](C(=O)O)[C@@H](O)[C@H](O)[C@H]5O)CC[C@]4(C)[C@H]3CC[C@]12C. The van der Waals surface area contributed by atoms with Gasteiger partial charge in [0.25, 0.3) is 0 Å². The molecule has 1 aliphatic heterocycles. The van der Waals surface area contributed by atoms with Gasteiger partial charge in [-0.3, -0.25) is 4.79 Å². The van der Waals surface area contributed by atoms with E-state index in [1.54, 1.807) is 0 Å². The molecule has 1 heterocycles.